The van der Waals surface area contributed by atoms with Crippen molar-refractivity contribution in [2.24, 2.45) is 17.6 Å². The maximum absolute atomic E-state index is 12.1. The van der Waals surface area contributed by atoms with E-state index in [-0.39, 0.29) is 24.0 Å². The highest BCUT2D eigenvalue weighted by Gasteiger charge is 2.37. The number of nitrogens with two attached hydrogens (primary N) is 1. The van der Waals surface area contributed by atoms with Crippen LogP contribution in [0.4, 0.5) is 4.79 Å². The molecule has 4 N–H and O–H groups in total. The van der Waals surface area contributed by atoms with Crippen LogP contribution in [0.15, 0.2) is 0 Å². The van der Waals surface area contributed by atoms with Gasteiger partial charge in [-0.15, -0.1) is 0 Å². The van der Waals surface area contributed by atoms with E-state index in [1.807, 2.05) is 6.92 Å². The number of amides is 2. The Hall–Kier alpha value is -1.30. The smallest absolute Gasteiger partial charge is 0.317 e. The highest BCUT2D eigenvalue weighted by molar-refractivity contribution is 5.78. The van der Waals surface area contributed by atoms with Crippen molar-refractivity contribution in [1.82, 2.24) is 10.2 Å². The first-order valence-corrected chi connectivity index (χ1v) is 7.03. The molecule has 2 fully saturated rings. The number of rotatable bonds is 2. The van der Waals surface area contributed by atoms with Crippen LogP contribution >= 0.6 is 0 Å². The van der Waals surface area contributed by atoms with Gasteiger partial charge in [0.25, 0.3) is 0 Å². The molecule has 4 unspecified atom stereocenters. The second-order valence-corrected chi connectivity index (χ2v) is 5.83. The van der Waals surface area contributed by atoms with E-state index >= 15 is 0 Å². The van der Waals surface area contributed by atoms with Crippen LogP contribution in [0.3, 0.4) is 0 Å². The topological polar surface area (TPSA) is 95.7 Å². The van der Waals surface area contributed by atoms with Gasteiger partial charge in [0.2, 0.25) is 0 Å². The first kappa shape index (κ1) is 14.1. The Balaban J connectivity index is 1.88. The van der Waals surface area contributed by atoms with Crippen molar-refractivity contribution < 1.29 is 14.7 Å². The molecule has 6 heteroatoms. The predicted octanol–water partition coefficient (Wildman–Crippen LogP) is 0.618. The van der Waals surface area contributed by atoms with Gasteiger partial charge in [-0.2, -0.15) is 0 Å². The van der Waals surface area contributed by atoms with Crippen molar-refractivity contribution in [3.63, 3.8) is 0 Å². The van der Waals surface area contributed by atoms with Crippen molar-refractivity contribution in [2.45, 2.75) is 44.7 Å². The van der Waals surface area contributed by atoms with E-state index in [9.17, 15) is 9.59 Å². The van der Waals surface area contributed by atoms with Gasteiger partial charge in [0.15, 0.2) is 0 Å². The summed E-state index contributed by atoms with van der Waals surface area (Å²) in [5, 5.41) is 12.0. The van der Waals surface area contributed by atoms with Gasteiger partial charge in [-0.3, -0.25) is 4.79 Å². The molecule has 2 amide bonds. The fraction of sp³-hybridized carbons (Fsp3) is 0.846. The lowest BCUT2D eigenvalue weighted by molar-refractivity contribution is -0.142. The zero-order valence-electron chi connectivity index (χ0n) is 11.3. The predicted molar refractivity (Wildman–Crippen MR) is 70.6 cm³/mol. The van der Waals surface area contributed by atoms with Gasteiger partial charge in [0, 0.05) is 25.2 Å². The van der Waals surface area contributed by atoms with E-state index < -0.39 is 11.9 Å². The minimum absolute atomic E-state index is 0.00304. The summed E-state index contributed by atoms with van der Waals surface area (Å²) in [6, 6.07) is -0.119. The molecule has 0 aromatic rings. The van der Waals surface area contributed by atoms with Gasteiger partial charge in [0.1, 0.15) is 0 Å². The molecule has 1 aliphatic carbocycles. The molecule has 1 heterocycles. The first-order chi connectivity index (χ1) is 8.99. The molecule has 4 atom stereocenters. The van der Waals surface area contributed by atoms with Gasteiger partial charge < -0.3 is 21.1 Å². The molecule has 0 aromatic carbocycles. The van der Waals surface area contributed by atoms with Crippen molar-refractivity contribution in [3.8, 4) is 0 Å². The molecule has 108 valence electrons. The molecular formula is C13H23N3O3. The Labute approximate surface area is 113 Å². The molecule has 6 nitrogen and oxygen atoms in total. The minimum atomic E-state index is -0.822. The van der Waals surface area contributed by atoms with E-state index in [0.717, 1.165) is 25.7 Å². The Morgan fingerprint density at radius 1 is 1.26 bits per heavy atom. The van der Waals surface area contributed by atoms with Crippen molar-refractivity contribution in [2.75, 3.05) is 13.1 Å². The Morgan fingerprint density at radius 3 is 2.53 bits per heavy atom. The zero-order valence-corrected chi connectivity index (χ0v) is 11.3. The molecule has 1 aliphatic heterocycles. The summed E-state index contributed by atoms with van der Waals surface area (Å²) in [7, 11) is 0. The number of carbonyl (C=O) groups excluding carboxylic acids is 1. The second-order valence-electron chi connectivity index (χ2n) is 5.83. The van der Waals surface area contributed by atoms with E-state index in [0.29, 0.717) is 13.1 Å². The number of carbonyl (C=O) groups is 2. The largest absolute Gasteiger partial charge is 0.481 e. The number of nitrogens with one attached hydrogen (secondary N) is 1. The quantitative estimate of drug-likeness (QED) is 0.684. The number of carboxylic acid groups (broad SMARTS) is 1. The van der Waals surface area contributed by atoms with Crippen LogP contribution in [0, 0.1) is 11.8 Å². The maximum atomic E-state index is 12.1. The van der Waals surface area contributed by atoms with E-state index in [1.54, 1.807) is 4.90 Å². The number of nitrogens with zero attached hydrogens (tertiary/aromatic N) is 1. The average molecular weight is 269 g/mol. The van der Waals surface area contributed by atoms with Gasteiger partial charge >= 0.3 is 12.0 Å². The van der Waals surface area contributed by atoms with Crippen LogP contribution in [-0.4, -0.2) is 47.2 Å². The Bertz CT molecular complexity index is 361. The van der Waals surface area contributed by atoms with Crippen LogP contribution in [0.5, 0.6) is 0 Å². The molecule has 2 aliphatic rings. The molecule has 0 bridgehead atoms. The normalized spacial score (nSPS) is 35.2. The summed E-state index contributed by atoms with van der Waals surface area (Å²) >= 11 is 0. The molecule has 19 heavy (non-hydrogen) atoms. The van der Waals surface area contributed by atoms with Gasteiger partial charge in [-0.1, -0.05) is 19.8 Å². The first-order valence-electron chi connectivity index (χ1n) is 7.03. The third kappa shape index (κ3) is 3.18. The lowest BCUT2D eigenvalue weighted by Crippen LogP contribution is -2.52. The van der Waals surface area contributed by atoms with E-state index in [4.69, 9.17) is 10.8 Å². The standard InChI is InChI=1S/C13H23N3O3/c1-8-6-16(7-9(8)12(17)18)13(19)15-11-5-3-2-4-10(11)14/h8-11H,2-7,14H2,1H3,(H,15,19)(H,17,18). The fourth-order valence-corrected chi connectivity index (χ4v) is 3.04. The summed E-state index contributed by atoms with van der Waals surface area (Å²) < 4.78 is 0. The molecule has 1 saturated heterocycles. The molecule has 0 aromatic heterocycles. The summed E-state index contributed by atoms with van der Waals surface area (Å²) in [6.45, 7) is 2.67. The summed E-state index contributed by atoms with van der Waals surface area (Å²) in [5.74, 6) is -1.27. The van der Waals surface area contributed by atoms with Gasteiger partial charge in [-0.05, 0) is 18.8 Å². The van der Waals surface area contributed by atoms with Crippen molar-refractivity contribution >= 4 is 12.0 Å². The number of carboxylic acids is 1. The molecule has 0 radical (unpaired) electrons. The third-order valence-corrected chi connectivity index (χ3v) is 4.35. The van der Waals surface area contributed by atoms with Gasteiger partial charge in [0.05, 0.1) is 5.92 Å². The second kappa shape index (κ2) is 5.77. The molecule has 0 spiro atoms. The van der Waals surface area contributed by atoms with Crippen LogP contribution in [0.25, 0.3) is 0 Å². The minimum Gasteiger partial charge on any atom is -0.481 e. The molecule has 1 saturated carbocycles. The van der Waals surface area contributed by atoms with E-state index in [1.165, 1.54) is 0 Å². The summed E-state index contributed by atoms with van der Waals surface area (Å²) in [6.07, 6.45) is 4.07. The summed E-state index contributed by atoms with van der Waals surface area (Å²) in [4.78, 5) is 24.8. The van der Waals surface area contributed by atoms with Crippen LogP contribution in [0.2, 0.25) is 0 Å². The highest BCUT2D eigenvalue weighted by Crippen LogP contribution is 2.24. The molecular weight excluding hydrogens is 246 g/mol. The third-order valence-electron chi connectivity index (χ3n) is 4.35. The van der Waals surface area contributed by atoms with E-state index in [2.05, 4.69) is 5.32 Å². The number of likely N-dealkylation sites (tertiary alicyclic amines) is 1. The van der Waals surface area contributed by atoms with Crippen molar-refractivity contribution in [3.05, 3.63) is 0 Å². The van der Waals surface area contributed by atoms with Gasteiger partial charge in [-0.25, -0.2) is 4.79 Å². The number of hydrogen-bond donors (Lipinski definition) is 3. The van der Waals surface area contributed by atoms with Crippen LogP contribution < -0.4 is 11.1 Å². The number of urea groups is 1. The lowest BCUT2D eigenvalue weighted by Gasteiger charge is -2.31. The zero-order chi connectivity index (χ0) is 14.0. The SMILES string of the molecule is CC1CN(C(=O)NC2CCCCC2N)CC1C(=O)O. The Morgan fingerprint density at radius 2 is 1.95 bits per heavy atom. The van der Waals surface area contributed by atoms with Crippen LogP contribution in [-0.2, 0) is 4.79 Å². The van der Waals surface area contributed by atoms with Crippen LogP contribution in [0.1, 0.15) is 32.6 Å². The number of aliphatic carboxylic acids is 1. The Kier molecular flexibility index (Phi) is 4.29. The average Bonchev–Trinajstić information content (AvgIpc) is 2.74. The van der Waals surface area contributed by atoms with Crippen molar-refractivity contribution in [1.29, 1.82) is 0 Å². The lowest BCUT2D eigenvalue weighted by atomic mass is 9.91. The monoisotopic (exact) mass is 269 g/mol. The molecule has 2 rings (SSSR count). The fourth-order valence-electron chi connectivity index (χ4n) is 3.04. The maximum Gasteiger partial charge on any atom is 0.317 e. The highest BCUT2D eigenvalue weighted by atomic mass is 16.4. The number of hydrogen-bond acceptors (Lipinski definition) is 3. The summed E-state index contributed by atoms with van der Waals surface area (Å²) in [5.41, 5.74) is 6.00.